The zero-order valence-electron chi connectivity index (χ0n) is 14.8. The molecule has 10 heteroatoms. The number of likely N-dealkylation sites (N-methyl/N-ethyl adjacent to an activating group) is 1. The summed E-state index contributed by atoms with van der Waals surface area (Å²) in [5.41, 5.74) is -0.454. The number of hydrogen-bond acceptors (Lipinski definition) is 8. The van der Waals surface area contributed by atoms with E-state index in [1.165, 1.54) is 0 Å². The molecule has 1 aromatic rings. The van der Waals surface area contributed by atoms with Gasteiger partial charge in [-0.15, -0.1) is 0 Å². The van der Waals surface area contributed by atoms with Crippen molar-refractivity contribution in [2.45, 2.75) is 4.90 Å². The quantitative estimate of drug-likeness (QED) is 0.426. The molecule has 0 bridgehead atoms. The van der Waals surface area contributed by atoms with Crippen LogP contribution in [0.4, 0.5) is 0 Å². The Morgan fingerprint density at radius 2 is 1.44 bits per heavy atom. The number of rotatable bonds is 5. The van der Waals surface area contributed by atoms with Crippen molar-refractivity contribution in [3.8, 4) is 0 Å². The highest BCUT2D eigenvalue weighted by atomic mass is 32.2. The Hall–Kier alpha value is -2.01. The maximum Gasteiger partial charge on any atom is 0.337 e. The van der Waals surface area contributed by atoms with Crippen molar-refractivity contribution in [3.05, 3.63) is 29.3 Å². The number of hydrogen-bond donors (Lipinski definition) is 1. The van der Waals surface area contributed by atoms with E-state index in [1.54, 1.807) is 0 Å². The summed E-state index contributed by atoms with van der Waals surface area (Å²) in [4.78, 5) is 21.9. The normalized spacial score (nSPS) is 11.2. The second kappa shape index (κ2) is 9.47. The molecule has 1 rings (SSSR count). The molecule has 0 unspecified atom stereocenters. The first kappa shape index (κ1) is 23.0. The SMILES string of the molecule is COC(=O)c1cc(C(=O)OC)cc(S(=O)(=O)[O-])c1.C[N+](C)(C)CCO. The van der Waals surface area contributed by atoms with Crippen LogP contribution in [0.1, 0.15) is 20.7 Å². The Morgan fingerprint density at radius 3 is 1.64 bits per heavy atom. The summed E-state index contributed by atoms with van der Waals surface area (Å²) in [6.07, 6.45) is 0. The molecule has 0 aliphatic carbocycles. The molecule has 9 nitrogen and oxygen atoms in total. The highest BCUT2D eigenvalue weighted by Crippen LogP contribution is 2.16. The molecule has 0 amide bonds. The lowest BCUT2D eigenvalue weighted by molar-refractivity contribution is -0.870. The summed E-state index contributed by atoms with van der Waals surface area (Å²) >= 11 is 0. The molecule has 0 atom stereocenters. The van der Waals surface area contributed by atoms with E-state index in [1.807, 2.05) is 0 Å². The van der Waals surface area contributed by atoms with Crippen LogP contribution < -0.4 is 0 Å². The minimum Gasteiger partial charge on any atom is -0.744 e. The fourth-order valence-electron chi connectivity index (χ4n) is 1.51. The third kappa shape index (κ3) is 8.59. The minimum absolute atomic E-state index is 0.227. The average molecular weight is 377 g/mol. The fourth-order valence-corrected chi connectivity index (χ4v) is 2.06. The molecule has 0 spiro atoms. The van der Waals surface area contributed by atoms with Gasteiger partial charge in [0.05, 0.1) is 58.0 Å². The van der Waals surface area contributed by atoms with E-state index in [0.29, 0.717) is 0 Å². The van der Waals surface area contributed by atoms with Gasteiger partial charge in [0.15, 0.2) is 0 Å². The summed E-state index contributed by atoms with van der Waals surface area (Å²) in [5, 5.41) is 8.39. The summed E-state index contributed by atoms with van der Waals surface area (Å²) in [6.45, 7) is 1.11. The molecule has 0 aliphatic heterocycles. The smallest absolute Gasteiger partial charge is 0.337 e. The van der Waals surface area contributed by atoms with Gasteiger partial charge in [-0.3, -0.25) is 0 Å². The van der Waals surface area contributed by atoms with E-state index >= 15 is 0 Å². The molecule has 142 valence electrons. The molecule has 1 N–H and O–H groups in total. The molecule has 0 aromatic heterocycles. The van der Waals surface area contributed by atoms with Crippen molar-refractivity contribution in [2.24, 2.45) is 0 Å². The molecule has 0 radical (unpaired) electrons. The van der Waals surface area contributed by atoms with E-state index in [9.17, 15) is 22.6 Å². The van der Waals surface area contributed by atoms with Crippen LogP contribution in [0.15, 0.2) is 23.1 Å². The van der Waals surface area contributed by atoms with Gasteiger partial charge in [0.2, 0.25) is 0 Å². The summed E-state index contributed by atoms with van der Waals surface area (Å²) in [5.74, 6) is -1.74. The maximum atomic E-state index is 11.3. The number of quaternary nitrogens is 1. The average Bonchev–Trinajstić information content (AvgIpc) is 2.51. The lowest BCUT2D eigenvalue weighted by atomic mass is 10.1. The Kier molecular flexibility index (Phi) is 8.71. The first-order chi connectivity index (χ1) is 11.4. The number of methoxy groups -OCH3 is 2. The zero-order valence-corrected chi connectivity index (χ0v) is 15.6. The van der Waals surface area contributed by atoms with Gasteiger partial charge in [0.1, 0.15) is 16.7 Å². The third-order valence-corrected chi connectivity index (χ3v) is 3.62. The zero-order chi connectivity index (χ0) is 19.8. The second-order valence-electron chi connectivity index (χ2n) is 5.92. The lowest BCUT2D eigenvalue weighted by Crippen LogP contribution is -2.36. The molecule has 25 heavy (non-hydrogen) atoms. The second-order valence-corrected chi connectivity index (χ2v) is 7.30. The van der Waals surface area contributed by atoms with Crippen molar-refractivity contribution < 1.29 is 41.6 Å². The summed E-state index contributed by atoms with van der Waals surface area (Å²) in [6, 6.07) is 2.74. The highest BCUT2D eigenvalue weighted by Gasteiger charge is 2.16. The van der Waals surface area contributed by atoms with Gasteiger partial charge in [-0.05, 0) is 18.2 Å². The van der Waals surface area contributed by atoms with Crippen LogP contribution in [0.5, 0.6) is 0 Å². The van der Waals surface area contributed by atoms with Crippen LogP contribution in [0.3, 0.4) is 0 Å². The topological polar surface area (TPSA) is 130 Å². The summed E-state index contributed by atoms with van der Waals surface area (Å²) in [7, 11) is 3.52. The number of aliphatic hydroxyl groups is 1. The molecule has 0 heterocycles. The molecule has 1 aromatic carbocycles. The largest absolute Gasteiger partial charge is 0.744 e. The minimum atomic E-state index is -4.80. The standard InChI is InChI=1S/C10H10O7S.C5H14NO/c1-16-9(11)6-3-7(10(12)17-2)5-8(4-6)18(13,14)15;1-6(2,3)4-5-7/h3-5H,1-2H3,(H,13,14,15);7H,4-5H2,1-3H3/q;+1/p-1. The molecule has 0 aliphatic rings. The number of ether oxygens (including phenoxy) is 2. The van der Waals surface area contributed by atoms with Crippen molar-refractivity contribution in [3.63, 3.8) is 0 Å². The van der Waals surface area contributed by atoms with E-state index in [0.717, 1.165) is 43.4 Å². The number of aliphatic hydroxyl groups excluding tert-OH is 1. The van der Waals surface area contributed by atoms with Crippen LogP contribution in [0.25, 0.3) is 0 Å². The van der Waals surface area contributed by atoms with Gasteiger partial charge in [-0.25, -0.2) is 18.0 Å². The van der Waals surface area contributed by atoms with E-state index in [2.05, 4.69) is 30.6 Å². The van der Waals surface area contributed by atoms with E-state index in [4.69, 9.17) is 5.11 Å². The van der Waals surface area contributed by atoms with Gasteiger partial charge in [-0.2, -0.15) is 0 Å². The van der Waals surface area contributed by atoms with Gasteiger partial charge < -0.3 is 23.6 Å². The van der Waals surface area contributed by atoms with E-state index in [-0.39, 0.29) is 17.7 Å². The van der Waals surface area contributed by atoms with Crippen molar-refractivity contribution in [1.82, 2.24) is 0 Å². The molecule has 0 fully saturated rings. The molecule has 0 saturated carbocycles. The molecule has 0 saturated heterocycles. The lowest BCUT2D eigenvalue weighted by Gasteiger charge is -2.21. The van der Waals surface area contributed by atoms with Crippen LogP contribution in [0.2, 0.25) is 0 Å². The van der Waals surface area contributed by atoms with Crippen LogP contribution >= 0.6 is 0 Å². The number of carbonyl (C=O) groups excluding carboxylic acids is 2. The monoisotopic (exact) mass is 377 g/mol. The van der Waals surface area contributed by atoms with Crippen molar-refractivity contribution in [1.29, 1.82) is 0 Å². The summed E-state index contributed by atoms with van der Waals surface area (Å²) < 4.78 is 42.3. The molecular formula is C15H23NO8S. The van der Waals surface area contributed by atoms with Gasteiger partial charge in [0, 0.05) is 0 Å². The Bertz CT molecular complexity index is 672. The first-order valence-electron chi connectivity index (χ1n) is 7.04. The predicted molar refractivity (Wildman–Crippen MR) is 87.1 cm³/mol. The molecular weight excluding hydrogens is 354 g/mol. The fraction of sp³-hybridized carbons (Fsp3) is 0.467. The third-order valence-electron chi connectivity index (χ3n) is 2.81. The first-order valence-corrected chi connectivity index (χ1v) is 8.45. The Labute approximate surface area is 147 Å². The van der Waals surface area contributed by atoms with Crippen LogP contribution in [-0.2, 0) is 19.6 Å². The van der Waals surface area contributed by atoms with Crippen LogP contribution in [-0.4, -0.2) is 83.0 Å². The van der Waals surface area contributed by atoms with Gasteiger partial charge in [-0.1, -0.05) is 0 Å². The van der Waals surface area contributed by atoms with Gasteiger partial charge in [0.25, 0.3) is 0 Å². The number of carbonyl (C=O) groups is 2. The number of esters is 2. The maximum absolute atomic E-state index is 11.3. The Morgan fingerprint density at radius 1 is 1.04 bits per heavy atom. The van der Waals surface area contributed by atoms with Gasteiger partial charge >= 0.3 is 11.9 Å². The highest BCUT2D eigenvalue weighted by molar-refractivity contribution is 7.85. The number of nitrogens with zero attached hydrogens (tertiary/aromatic N) is 1. The number of benzene rings is 1. The van der Waals surface area contributed by atoms with E-state index < -0.39 is 27.0 Å². The predicted octanol–water partition coefficient (Wildman–Crippen LogP) is -0.151. The van der Waals surface area contributed by atoms with Crippen molar-refractivity contribution >= 4 is 22.1 Å². The van der Waals surface area contributed by atoms with Crippen molar-refractivity contribution in [2.75, 3.05) is 48.5 Å². The Balaban J connectivity index is 0.000000697. The van der Waals surface area contributed by atoms with Crippen LogP contribution in [0, 0.1) is 0 Å².